The lowest BCUT2D eigenvalue weighted by Crippen LogP contribution is -2.47. The van der Waals surface area contributed by atoms with Gasteiger partial charge in [0.2, 0.25) is 0 Å². The Kier molecular flexibility index (Phi) is 5.51. The number of aryl methyl sites for hydroxylation is 1. The number of alkyl halides is 3. The maximum atomic E-state index is 12.3. The number of pyridine rings is 1. The smallest absolute Gasteiger partial charge is 0.406 e. The fourth-order valence-electron chi connectivity index (χ4n) is 1.55. The lowest BCUT2D eigenvalue weighted by atomic mass is 10.2. The van der Waals surface area contributed by atoms with E-state index in [2.05, 4.69) is 10.3 Å². The first-order valence-electron chi connectivity index (χ1n) is 5.91. The summed E-state index contributed by atoms with van der Waals surface area (Å²) < 4.78 is 37.0. The first-order chi connectivity index (χ1) is 9.69. The van der Waals surface area contributed by atoms with E-state index in [1.54, 1.807) is 19.1 Å². The molecule has 6 nitrogen and oxygen atoms in total. The molecule has 0 aliphatic heterocycles. The molecule has 1 aromatic heterocycles. The van der Waals surface area contributed by atoms with Gasteiger partial charge in [0.05, 0.1) is 12.2 Å². The zero-order chi connectivity index (χ0) is 16.0. The van der Waals surface area contributed by atoms with Crippen molar-refractivity contribution in [2.24, 2.45) is 0 Å². The summed E-state index contributed by atoms with van der Waals surface area (Å²) in [6.45, 7) is -1.02. The van der Waals surface area contributed by atoms with Crippen molar-refractivity contribution in [1.82, 2.24) is 15.2 Å². The first-order valence-corrected chi connectivity index (χ1v) is 5.91. The van der Waals surface area contributed by atoms with Gasteiger partial charge >= 0.3 is 18.2 Å². The summed E-state index contributed by atoms with van der Waals surface area (Å²) in [5.74, 6) is -1.52. The Morgan fingerprint density at radius 1 is 1.43 bits per heavy atom. The molecule has 0 aliphatic rings. The highest BCUT2D eigenvalue weighted by molar-refractivity contribution is 5.80. The van der Waals surface area contributed by atoms with Crippen LogP contribution in [0.2, 0.25) is 0 Å². The van der Waals surface area contributed by atoms with Gasteiger partial charge in [-0.15, -0.1) is 0 Å². The topological polar surface area (TPSA) is 82.5 Å². The number of nitrogens with one attached hydrogen (secondary N) is 1. The number of rotatable bonds is 5. The number of aliphatic carboxylic acids is 1. The Bertz CT molecular complexity index is 520. The zero-order valence-electron chi connectivity index (χ0n) is 11.1. The van der Waals surface area contributed by atoms with Crippen molar-refractivity contribution in [1.29, 1.82) is 0 Å². The van der Waals surface area contributed by atoms with E-state index in [1.165, 1.54) is 6.20 Å². The molecule has 116 valence electrons. The first kappa shape index (κ1) is 16.7. The molecular formula is C12H14F3N3O3. The van der Waals surface area contributed by atoms with Crippen LogP contribution >= 0.6 is 0 Å². The summed E-state index contributed by atoms with van der Waals surface area (Å²) in [4.78, 5) is 26.3. The van der Waals surface area contributed by atoms with E-state index < -0.39 is 31.3 Å². The van der Waals surface area contributed by atoms with E-state index in [-0.39, 0.29) is 11.4 Å². The van der Waals surface area contributed by atoms with Gasteiger partial charge in [0.15, 0.2) is 0 Å². The predicted octanol–water partition coefficient (Wildman–Crippen LogP) is 1.55. The molecule has 2 amide bonds. The summed E-state index contributed by atoms with van der Waals surface area (Å²) in [6, 6.07) is 2.31. The Hall–Kier alpha value is -2.32. The SMILES string of the molecule is Cc1cccnc1CNC(=O)N(CC(=O)O)CC(F)(F)F. The average Bonchev–Trinajstić information content (AvgIpc) is 2.34. The summed E-state index contributed by atoms with van der Waals surface area (Å²) in [6.07, 6.45) is -3.19. The van der Waals surface area contributed by atoms with Crippen LogP contribution in [0.3, 0.4) is 0 Å². The highest BCUT2D eigenvalue weighted by Gasteiger charge is 2.33. The van der Waals surface area contributed by atoms with Crippen LogP contribution in [0, 0.1) is 6.92 Å². The highest BCUT2D eigenvalue weighted by atomic mass is 19.4. The number of amides is 2. The van der Waals surface area contributed by atoms with E-state index in [0.717, 1.165) is 5.56 Å². The van der Waals surface area contributed by atoms with Crippen molar-refractivity contribution < 1.29 is 27.9 Å². The summed E-state index contributed by atoms with van der Waals surface area (Å²) in [5, 5.41) is 10.8. The molecule has 0 saturated carbocycles. The fourth-order valence-corrected chi connectivity index (χ4v) is 1.55. The number of hydrogen-bond donors (Lipinski definition) is 2. The lowest BCUT2D eigenvalue weighted by molar-refractivity contribution is -0.148. The monoisotopic (exact) mass is 305 g/mol. The molecule has 0 saturated heterocycles. The van der Waals surface area contributed by atoms with Crippen molar-refractivity contribution in [2.75, 3.05) is 13.1 Å². The standard InChI is InChI=1S/C12H14F3N3O3/c1-8-3-2-4-16-9(8)5-17-11(21)18(6-10(19)20)7-12(13,14)15/h2-4H,5-7H2,1H3,(H,17,21)(H,19,20). The van der Waals surface area contributed by atoms with E-state index in [1.807, 2.05) is 0 Å². The predicted molar refractivity (Wildman–Crippen MR) is 66.5 cm³/mol. The van der Waals surface area contributed by atoms with Crippen LogP contribution in [-0.2, 0) is 11.3 Å². The van der Waals surface area contributed by atoms with Gasteiger partial charge in [0.25, 0.3) is 0 Å². The van der Waals surface area contributed by atoms with Crippen molar-refractivity contribution in [3.8, 4) is 0 Å². The molecule has 1 rings (SSSR count). The Morgan fingerprint density at radius 2 is 2.10 bits per heavy atom. The van der Waals surface area contributed by atoms with E-state index >= 15 is 0 Å². The highest BCUT2D eigenvalue weighted by Crippen LogP contribution is 2.16. The van der Waals surface area contributed by atoms with Gasteiger partial charge in [0.1, 0.15) is 13.1 Å². The number of carboxylic acids is 1. The molecule has 9 heteroatoms. The quantitative estimate of drug-likeness (QED) is 0.864. The Balaban J connectivity index is 2.68. The van der Waals surface area contributed by atoms with Crippen molar-refractivity contribution >= 4 is 12.0 Å². The third-order valence-electron chi connectivity index (χ3n) is 2.51. The lowest BCUT2D eigenvalue weighted by Gasteiger charge is -2.22. The third kappa shape index (κ3) is 6.11. The second kappa shape index (κ2) is 6.91. The maximum absolute atomic E-state index is 12.3. The van der Waals surface area contributed by atoms with Crippen LogP contribution in [0.1, 0.15) is 11.3 Å². The number of carbonyl (C=O) groups excluding carboxylic acids is 1. The molecule has 0 atom stereocenters. The van der Waals surface area contributed by atoms with E-state index in [0.29, 0.717) is 5.69 Å². The zero-order valence-corrected chi connectivity index (χ0v) is 11.1. The molecule has 1 heterocycles. The number of carboxylic acid groups (broad SMARTS) is 1. The van der Waals surface area contributed by atoms with Crippen LogP contribution in [0.4, 0.5) is 18.0 Å². The van der Waals surface area contributed by atoms with E-state index in [9.17, 15) is 22.8 Å². The molecule has 1 aromatic rings. The van der Waals surface area contributed by atoms with Gasteiger partial charge in [-0.25, -0.2) is 4.79 Å². The third-order valence-corrected chi connectivity index (χ3v) is 2.51. The van der Waals surface area contributed by atoms with Crippen LogP contribution in [0.5, 0.6) is 0 Å². The molecular weight excluding hydrogens is 291 g/mol. The van der Waals surface area contributed by atoms with E-state index in [4.69, 9.17) is 5.11 Å². The minimum absolute atomic E-state index is 0.0838. The van der Waals surface area contributed by atoms with Crippen molar-refractivity contribution in [3.63, 3.8) is 0 Å². The normalized spacial score (nSPS) is 11.0. The number of hydrogen-bond acceptors (Lipinski definition) is 3. The molecule has 0 fully saturated rings. The van der Waals surface area contributed by atoms with Gasteiger partial charge in [-0.3, -0.25) is 9.78 Å². The van der Waals surface area contributed by atoms with Gasteiger partial charge in [-0.1, -0.05) is 6.07 Å². The number of urea groups is 1. The molecule has 0 spiro atoms. The Labute approximate surface area is 118 Å². The number of nitrogens with zero attached hydrogens (tertiary/aromatic N) is 2. The summed E-state index contributed by atoms with van der Waals surface area (Å²) >= 11 is 0. The maximum Gasteiger partial charge on any atom is 0.406 e. The minimum Gasteiger partial charge on any atom is -0.480 e. The summed E-state index contributed by atoms with van der Waals surface area (Å²) in [7, 11) is 0. The Morgan fingerprint density at radius 3 is 2.62 bits per heavy atom. The fraction of sp³-hybridized carbons (Fsp3) is 0.417. The van der Waals surface area contributed by atoms with Gasteiger partial charge < -0.3 is 15.3 Å². The van der Waals surface area contributed by atoms with Crippen molar-refractivity contribution in [3.05, 3.63) is 29.6 Å². The number of halogens is 3. The van der Waals surface area contributed by atoms with Crippen LogP contribution < -0.4 is 5.32 Å². The molecule has 21 heavy (non-hydrogen) atoms. The van der Waals surface area contributed by atoms with Gasteiger partial charge in [-0.05, 0) is 18.6 Å². The summed E-state index contributed by atoms with van der Waals surface area (Å²) in [5.41, 5.74) is 1.26. The minimum atomic E-state index is -4.67. The average molecular weight is 305 g/mol. The second-order valence-electron chi connectivity index (χ2n) is 4.29. The number of aromatic nitrogens is 1. The molecule has 0 aromatic carbocycles. The second-order valence-corrected chi connectivity index (χ2v) is 4.29. The molecule has 2 N–H and O–H groups in total. The molecule has 0 bridgehead atoms. The van der Waals surface area contributed by atoms with Crippen molar-refractivity contribution in [2.45, 2.75) is 19.6 Å². The van der Waals surface area contributed by atoms with Gasteiger partial charge in [-0.2, -0.15) is 13.2 Å². The molecule has 0 aliphatic carbocycles. The largest absolute Gasteiger partial charge is 0.480 e. The van der Waals surface area contributed by atoms with Crippen LogP contribution in [-0.4, -0.2) is 46.3 Å². The van der Waals surface area contributed by atoms with Gasteiger partial charge in [0, 0.05) is 6.20 Å². The molecule has 0 radical (unpaired) electrons. The molecule has 0 unspecified atom stereocenters. The number of carbonyl (C=O) groups is 2. The van der Waals surface area contributed by atoms with Crippen LogP contribution in [0.15, 0.2) is 18.3 Å². The van der Waals surface area contributed by atoms with Crippen LogP contribution in [0.25, 0.3) is 0 Å².